The number of Topliss-reactive ketones (excluding diaryl/α,β-unsaturated/α-hetero) is 1. The molecule has 41 heavy (non-hydrogen) atoms. The third kappa shape index (κ3) is 8.42. The Labute approximate surface area is 247 Å². The van der Waals surface area contributed by atoms with E-state index in [0.29, 0.717) is 17.7 Å². The minimum absolute atomic E-state index is 0.0340. The van der Waals surface area contributed by atoms with Gasteiger partial charge in [-0.2, -0.15) is 0 Å². The van der Waals surface area contributed by atoms with Crippen LogP contribution >= 0.6 is 23.4 Å². The molecule has 0 atom stereocenters. The highest BCUT2D eigenvalue weighted by atomic mass is 35.5. The van der Waals surface area contributed by atoms with Gasteiger partial charge < -0.3 is 20.0 Å². The lowest BCUT2D eigenvalue weighted by Crippen LogP contribution is -2.38. The van der Waals surface area contributed by atoms with E-state index in [2.05, 4.69) is 46.2 Å². The molecule has 2 aliphatic rings. The lowest BCUT2D eigenvalue weighted by atomic mass is 9.89. The van der Waals surface area contributed by atoms with Crippen LogP contribution in [0.3, 0.4) is 0 Å². The average molecular weight is 597 g/mol. The van der Waals surface area contributed by atoms with Crippen molar-refractivity contribution in [2.24, 2.45) is 5.92 Å². The van der Waals surface area contributed by atoms with Gasteiger partial charge >= 0.3 is 11.9 Å². The number of piperidine rings is 1. The highest BCUT2D eigenvalue weighted by Gasteiger charge is 2.27. The summed E-state index contributed by atoms with van der Waals surface area (Å²) in [7, 11) is 0. The van der Waals surface area contributed by atoms with Gasteiger partial charge in [-0.3, -0.25) is 4.79 Å². The molecule has 214 valence electrons. The molecular formula is C31H30ClFN2O5S. The second-order valence-corrected chi connectivity index (χ2v) is 11.2. The second kappa shape index (κ2) is 14.3. The fourth-order valence-corrected chi connectivity index (χ4v) is 6.15. The Bertz CT molecular complexity index is 1410. The molecule has 3 aromatic carbocycles. The number of halogens is 2. The van der Waals surface area contributed by atoms with Gasteiger partial charge in [0.05, 0.1) is 11.4 Å². The van der Waals surface area contributed by atoms with Gasteiger partial charge in [-0.25, -0.2) is 14.0 Å². The van der Waals surface area contributed by atoms with Crippen molar-refractivity contribution in [3.63, 3.8) is 0 Å². The zero-order valence-corrected chi connectivity index (χ0v) is 23.8. The molecule has 0 spiro atoms. The lowest BCUT2D eigenvalue weighted by Gasteiger charge is -2.35. The first-order valence-corrected chi connectivity index (χ1v) is 14.4. The number of benzene rings is 3. The maximum Gasteiger partial charge on any atom is 0.328 e. The number of likely N-dealkylation sites (tertiary alicyclic amines) is 1. The van der Waals surface area contributed by atoms with Gasteiger partial charge in [0.25, 0.3) is 0 Å². The molecule has 2 N–H and O–H groups in total. The standard InChI is InChI=1S/C27H26ClFN2OS.C4H4O4/c28-21-8-11-26-24(18-21)31(23-4-1-2-5-25(23)33-26)15-3-14-30-16-12-20(13-17-30)27(32)19-6-9-22(29)10-7-19;5-3(6)1-2-4(7)8/h1-2,4-11,18,20H,3,12-17H2;1-2H,(H,5,6)(H,7,8)/b;2-1+. The summed E-state index contributed by atoms with van der Waals surface area (Å²) in [4.78, 5) is 39.2. The first-order valence-electron chi connectivity index (χ1n) is 13.2. The Kier molecular flexibility index (Phi) is 10.6. The van der Waals surface area contributed by atoms with Gasteiger partial charge in [-0.1, -0.05) is 35.5 Å². The predicted octanol–water partition coefficient (Wildman–Crippen LogP) is 6.78. The molecule has 1 fully saturated rings. The summed E-state index contributed by atoms with van der Waals surface area (Å²) in [5.74, 6) is -2.64. The van der Waals surface area contributed by atoms with Crippen LogP contribution in [0.5, 0.6) is 0 Å². The van der Waals surface area contributed by atoms with Crippen LogP contribution in [0.25, 0.3) is 0 Å². The molecule has 0 saturated carbocycles. The summed E-state index contributed by atoms with van der Waals surface area (Å²) in [5, 5.41) is 16.4. The quantitative estimate of drug-likeness (QED) is 0.217. The number of anilines is 2. The molecule has 2 heterocycles. The SMILES string of the molecule is O=C(O)/C=C/C(=O)O.O=C(c1ccc(F)cc1)C1CCN(CCCN2c3ccccc3Sc3ccc(Cl)cc32)CC1. The summed E-state index contributed by atoms with van der Waals surface area (Å²) in [6.07, 6.45) is 3.86. The van der Waals surface area contributed by atoms with Crippen LogP contribution in [0.15, 0.2) is 88.7 Å². The number of carbonyl (C=O) groups excluding carboxylic acids is 1. The number of carbonyl (C=O) groups is 3. The molecule has 0 amide bonds. The first-order chi connectivity index (χ1) is 19.7. The van der Waals surface area contributed by atoms with E-state index in [1.165, 1.54) is 33.3 Å². The number of aliphatic carboxylic acids is 2. The Morgan fingerprint density at radius 2 is 1.51 bits per heavy atom. The zero-order valence-electron chi connectivity index (χ0n) is 22.2. The number of rotatable bonds is 8. The van der Waals surface area contributed by atoms with Crippen molar-refractivity contribution >= 4 is 52.5 Å². The van der Waals surface area contributed by atoms with Crippen LogP contribution in [0.2, 0.25) is 5.02 Å². The molecule has 0 radical (unpaired) electrons. The number of ketones is 1. The van der Waals surface area contributed by atoms with Crippen LogP contribution in [0.1, 0.15) is 29.6 Å². The van der Waals surface area contributed by atoms with Crippen molar-refractivity contribution in [3.05, 3.63) is 95.3 Å². The fourth-order valence-electron chi connectivity index (χ4n) is 4.91. The van der Waals surface area contributed by atoms with Crippen molar-refractivity contribution in [2.75, 3.05) is 31.1 Å². The topological polar surface area (TPSA) is 98.1 Å². The van der Waals surface area contributed by atoms with Crippen molar-refractivity contribution in [3.8, 4) is 0 Å². The van der Waals surface area contributed by atoms with E-state index in [4.69, 9.17) is 21.8 Å². The number of hydrogen-bond donors (Lipinski definition) is 2. The zero-order chi connectivity index (χ0) is 29.4. The Hall–Kier alpha value is -3.66. The van der Waals surface area contributed by atoms with Crippen molar-refractivity contribution in [1.82, 2.24) is 4.90 Å². The number of nitrogens with zero attached hydrogens (tertiary/aromatic N) is 2. The van der Waals surface area contributed by atoms with E-state index in [1.54, 1.807) is 23.9 Å². The molecule has 5 rings (SSSR count). The number of fused-ring (bicyclic) bond motifs is 2. The monoisotopic (exact) mass is 596 g/mol. The van der Waals surface area contributed by atoms with Gasteiger partial charge in [0.2, 0.25) is 0 Å². The van der Waals surface area contributed by atoms with Crippen LogP contribution in [0.4, 0.5) is 15.8 Å². The summed E-state index contributed by atoms with van der Waals surface area (Å²) in [6, 6.07) is 20.6. The van der Waals surface area contributed by atoms with Crippen molar-refractivity contribution in [2.45, 2.75) is 29.1 Å². The molecule has 3 aromatic rings. The third-order valence-corrected chi connectivity index (χ3v) is 8.26. The molecule has 0 aromatic heterocycles. The maximum atomic E-state index is 13.2. The van der Waals surface area contributed by atoms with Gasteiger partial charge in [0.1, 0.15) is 5.82 Å². The Morgan fingerprint density at radius 1 is 0.878 bits per heavy atom. The minimum atomic E-state index is -1.26. The Balaban J connectivity index is 0.000000426. The molecule has 0 aliphatic carbocycles. The lowest BCUT2D eigenvalue weighted by molar-refractivity contribution is -0.134. The second-order valence-electron chi connectivity index (χ2n) is 9.68. The summed E-state index contributed by atoms with van der Waals surface area (Å²) in [5.41, 5.74) is 3.03. The van der Waals surface area contributed by atoms with Crippen LogP contribution in [-0.2, 0) is 9.59 Å². The van der Waals surface area contributed by atoms with E-state index in [0.717, 1.165) is 50.5 Å². The summed E-state index contributed by atoms with van der Waals surface area (Å²) in [6.45, 7) is 3.76. The van der Waals surface area contributed by atoms with Crippen molar-refractivity contribution < 1.29 is 29.0 Å². The largest absolute Gasteiger partial charge is 0.478 e. The van der Waals surface area contributed by atoms with Gasteiger partial charge in [0, 0.05) is 45.0 Å². The van der Waals surface area contributed by atoms with Crippen molar-refractivity contribution in [1.29, 1.82) is 0 Å². The highest BCUT2D eigenvalue weighted by Crippen LogP contribution is 2.48. The van der Waals surface area contributed by atoms with E-state index < -0.39 is 11.9 Å². The number of hydrogen-bond acceptors (Lipinski definition) is 6. The van der Waals surface area contributed by atoms with E-state index in [1.807, 2.05) is 6.07 Å². The van der Waals surface area contributed by atoms with Crippen LogP contribution in [0, 0.1) is 11.7 Å². The van der Waals surface area contributed by atoms with Crippen LogP contribution < -0.4 is 4.90 Å². The fraction of sp³-hybridized carbons (Fsp3) is 0.258. The van der Waals surface area contributed by atoms with Gasteiger partial charge in [0.15, 0.2) is 5.78 Å². The molecule has 0 bridgehead atoms. The number of para-hydroxylation sites is 1. The first kappa shape index (κ1) is 30.3. The molecule has 1 saturated heterocycles. The maximum absolute atomic E-state index is 13.2. The van der Waals surface area contributed by atoms with Crippen LogP contribution in [-0.4, -0.2) is 59.0 Å². The van der Waals surface area contributed by atoms with Gasteiger partial charge in [-0.05, 0) is 93.5 Å². The third-order valence-electron chi connectivity index (χ3n) is 6.90. The molecule has 10 heteroatoms. The Morgan fingerprint density at radius 3 is 2.17 bits per heavy atom. The summed E-state index contributed by atoms with van der Waals surface area (Å²) < 4.78 is 13.2. The minimum Gasteiger partial charge on any atom is -0.478 e. The molecule has 2 aliphatic heterocycles. The summed E-state index contributed by atoms with van der Waals surface area (Å²) >= 11 is 8.12. The van der Waals surface area contributed by atoms with E-state index in [9.17, 15) is 18.8 Å². The number of carboxylic acid groups (broad SMARTS) is 2. The number of carboxylic acids is 2. The average Bonchev–Trinajstić information content (AvgIpc) is 2.96. The molecule has 0 unspecified atom stereocenters. The normalized spacial score (nSPS) is 15.0. The van der Waals surface area contributed by atoms with E-state index >= 15 is 0 Å². The van der Waals surface area contributed by atoms with Gasteiger partial charge in [-0.15, -0.1) is 0 Å². The smallest absolute Gasteiger partial charge is 0.328 e. The van der Waals surface area contributed by atoms with E-state index in [-0.39, 0.29) is 17.5 Å². The molecular weight excluding hydrogens is 567 g/mol. The predicted molar refractivity (Wildman–Crippen MR) is 158 cm³/mol. The highest BCUT2D eigenvalue weighted by molar-refractivity contribution is 7.99. The molecule has 7 nitrogen and oxygen atoms in total.